The first kappa shape index (κ1) is 15.4. The summed E-state index contributed by atoms with van der Waals surface area (Å²) in [6.07, 6.45) is -0.868. The molecule has 1 N–H and O–H groups in total. The number of hydrogen-bond acceptors (Lipinski definition) is 4. The molecule has 0 aromatic carbocycles. The van der Waals surface area contributed by atoms with Crippen LogP contribution in [0.1, 0.15) is 20.8 Å². The first-order chi connectivity index (χ1) is 8.58. The molecule has 0 aromatic rings. The maximum absolute atomic E-state index is 11.6. The molecule has 5 nitrogen and oxygen atoms in total. The zero-order chi connectivity index (χ0) is 13.5. The molecule has 1 heterocycles. The zero-order valence-electron chi connectivity index (χ0n) is 11.9. The average molecular weight is 257 g/mol. The molecule has 1 aliphatic rings. The van der Waals surface area contributed by atoms with Gasteiger partial charge in [-0.2, -0.15) is 0 Å². The lowest BCUT2D eigenvalue weighted by molar-refractivity contribution is -0.141. The Bertz CT molecular complexity index is 247. The third-order valence-electron chi connectivity index (χ3n) is 3.67. The van der Waals surface area contributed by atoms with E-state index in [9.17, 15) is 9.90 Å². The van der Waals surface area contributed by atoms with E-state index in [2.05, 4.69) is 23.6 Å². The van der Waals surface area contributed by atoms with Crippen LogP contribution in [0.2, 0.25) is 0 Å². The van der Waals surface area contributed by atoms with Gasteiger partial charge in [0.15, 0.2) is 0 Å². The van der Waals surface area contributed by atoms with E-state index in [1.165, 1.54) is 6.92 Å². The summed E-state index contributed by atoms with van der Waals surface area (Å²) in [5.41, 5.74) is 0. The number of carbonyl (C=O) groups is 1. The topological polar surface area (TPSA) is 47.0 Å². The predicted molar refractivity (Wildman–Crippen MR) is 72.5 cm³/mol. The van der Waals surface area contributed by atoms with Crippen LogP contribution in [0.25, 0.3) is 0 Å². The normalized spacial score (nSPS) is 19.3. The minimum Gasteiger partial charge on any atom is -0.384 e. The highest BCUT2D eigenvalue weighted by molar-refractivity contribution is 5.80. The number of rotatable bonds is 6. The van der Waals surface area contributed by atoms with E-state index < -0.39 is 6.10 Å². The third kappa shape index (κ3) is 4.55. The van der Waals surface area contributed by atoms with Crippen molar-refractivity contribution in [1.29, 1.82) is 0 Å². The van der Waals surface area contributed by atoms with Gasteiger partial charge in [-0.15, -0.1) is 0 Å². The van der Waals surface area contributed by atoms with Crippen molar-refractivity contribution >= 4 is 5.91 Å². The molecule has 106 valence electrons. The molecule has 1 amide bonds. The molecule has 0 saturated carbocycles. The molecule has 5 heteroatoms. The molecular formula is C13H27N3O2. The predicted octanol–water partition coefficient (Wildman–Crippen LogP) is -0.147. The van der Waals surface area contributed by atoms with Crippen LogP contribution >= 0.6 is 0 Å². The van der Waals surface area contributed by atoms with Crippen molar-refractivity contribution in [3.8, 4) is 0 Å². The maximum atomic E-state index is 11.6. The lowest BCUT2D eigenvalue weighted by Gasteiger charge is -2.36. The summed E-state index contributed by atoms with van der Waals surface area (Å²) in [7, 11) is 0. The first-order valence-corrected chi connectivity index (χ1v) is 7.00. The molecule has 18 heavy (non-hydrogen) atoms. The fourth-order valence-electron chi connectivity index (χ4n) is 2.28. The fraction of sp³-hybridized carbons (Fsp3) is 0.923. The van der Waals surface area contributed by atoms with E-state index in [1.54, 1.807) is 4.90 Å². The van der Waals surface area contributed by atoms with Crippen LogP contribution < -0.4 is 0 Å². The molecule has 1 saturated heterocycles. The van der Waals surface area contributed by atoms with Crippen molar-refractivity contribution in [2.75, 3.05) is 52.4 Å². The number of carbonyl (C=O) groups excluding carboxylic acids is 1. The van der Waals surface area contributed by atoms with E-state index in [0.29, 0.717) is 0 Å². The quantitative estimate of drug-likeness (QED) is 0.719. The number of likely N-dealkylation sites (N-methyl/N-ethyl adjacent to an activating group) is 1. The van der Waals surface area contributed by atoms with E-state index in [1.807, 2.05) is 0 Å². The lowest BCUT2D eigenvalue weighted by Crippen LogP contribution is -2.52. The van der Waals surface area contributed by atoms with Gasteiger partial charge < -0.3 is 14.9 Å². The van der Waals surface area contributed by atoms with E-state index >= 15 is 0 Å². The average Bonchev–Trinajstić information content (AvgIpc) is 2.39. The Hall–Kier alpha value is -0.650. The fourth-order valence-corrected chi connectivity index (χ4v) is 2.28. The molecular weight excluding hydrogens is 230 g/mol. The summed E-state index contributed by atoms with van der Waals surface area (Å²) < 4.78 is 0. The summed E-state index contributed by atoms with van der Waals surface area (Å²) in [6.45, 7) is 13.6. The summed E-state index contributed by atoms with van der Waals surface area (Å²) in [6, 6.07) is 0. The number of nitrogens with zero attached hydrogens (tertiary/aromatic N) is 3. The minimum atomic E-state index is -0.868. The highest BCUT2D eigenvalue weighted by Crippen LogP contribution is 2.04. The van der Waals surface area contributed by atoms with Gasteiger partial charge in [0.1, 0.15) is 6.10 Å². The maximum Gasteiger partial charge on any atom is 0.251 e. The Morgan fingerprint density at radius 1 is 1.22 bits per heavy atom. The van der Waals surface area contributed by atoms with Crippen molar-refractivity contribution in [3.05, 3.63) is 0 Å². The molecule has 1 fully saturated rings. The van der Waals surface area contributed by atoms with Crippen molar-refractivity contribution in [1.82, 2.24) is 14.7 Å². The standard InChI is InChI=1S/C13H27N3O2/c1-4-14(5-2)6-7-15-8-10-16(11-9-15)13(18)12(3)17/h12,17H,4-11H2,1-3H3/t12-/m1/s1. The minimum absolute atomic E-state index is 0.140. The van der Waals surface area contributed by atoms with E-state index in [0.717, 1.165) is 52.4 Å². The second kappa shape index (κ2) is 7.71. The lowest BCUT2D eigenvalue weighted by atomic mass is 10.2. The molecule has 1 aliphatic heterocycles. The van der Waals surface area contributed by atoms with Crippen LogP contribution in [0.3, 0.4) is 0 Å². The molecule has 0 aliphatic carbocycles. The Morgan fingerprint density at radius 2 is 1.78 bits per heavy atom. The van der Waals surface area contributed by atoms with Crippen LogP contribution in [0, 0.1) is 0 Å². The molecule has 0 radical (unpaired) electrons. The molecule has 1 rings (SSSR count). The number of aliphatic hydroxyl groups excluding tert-OH is 1. The van der Waals surface area contributed by atoms with Crippen LogP contribution in [-0.4, -0.2) is 84.2 Å². The Balaban J connectivity index is 2.25. The number of piperazine rings is 1. The zero-order valence-corrected chi connectivity index (χ0v) is 11.9. The van der Waals surface area contributed by atoms with Crippen molar-refractivity contribution in [2.45, 2.75) is 26.9 Å². The van der Waals surface area contributed by atoms with Crippen molar-refractivity contribution in [3.63, 3.8) is 0 Å². The van der Waals surface area contributed by atoms with Gasteiger partial charge in [0, 0.05) is 39.3 Å². The van der Waals surface area contributed by atoms with E-state index in [-0.39, 0.29) is 5.91 Å². The largest absolute Gasteiger partial charge is 0.384 e. The second-order valence-electron chi connectivity index (χ2n) is 4.87. The Kier molecular flexibility index (Phi) is 6.60. The summed E-state index contributed by atoms with van der Waals surface area (Å²) >= 11 is 0. The van der Waals surface area contributed by atoms with Gasteiger partial charge in [-0.05, 0) is 20.0 Å². The van der Waals surface area contributed by atoms with Crippen LogP contribution in [0.15, 0.2) is 0 Å². The third-order valence-corrected chi connectivity index (χ3v) is 3.67. The van der Waals surface area contributed by atoms with Gasteiger partial charge in [-0.1, -0.05) is 13.8 Å². The molecule has 1 atom stereocenters. The second-order valence-corrected chi connectivity index (χ2v) is 4.87. The van der Waals surface area contributed by atoms with Crippen LogP contribution in [-0.2, 0) is 4.79 Å². The van der Waals surface area contributed by atoms with Gasteiger partial charge in [-0.25, -0.2) is 0 Å². The van der Waals surface area contributed by atoms with Crippen LogP contribution in [0.5, 0.6) is 0 Å². The Morgan fingerprint density at radius 3 is 2.22 bits per heavy atom. The van der Waals surface area contributed by atoms with Gasteiger partial charge in [0.2, 0.25) is 0 Å². The summed E-state index contributed by atoms with van der Waals surface area (Å²) in [4.78, 5) is 18.2. The van der Waals surface area contributed by atoms with Crippen LogP contribution in [0.4, 0.5) is 0 Å². The molecule has 0 aromatic heterocycles. The molecule has 0 bridgehead atoms. The first-order valence-electron chi connectivity index (χ1n) is 7.00. The van der Waals surface area contributed by atoms with E-state index in [4.69, 9.17) is 0 Å². The number of aliphatic hydroxyl groups is 1. The Labute approximate surface area is 110 Å². The SMILES string of the molecule is CCN(CC)CCN1CCN(C(=O)[C@@H](C)O)CC1. The molecule has 0 unspecified atom stereocenters. The highest BCUT2D eigenvalue weighted by Gasteiger charge is 2.23. The van der Waals surface area contributed by atoms with Gasteiger partial charge in [0.05, 0.1) is 0 Å². The van der Waals surface area contributed by atoms with Gasteiger partial charge >= 0.3 is 0 Å². The summed E-state index contributed by atoms with van der Waals surface area (Å²) in [5.74, 6) is -0.140. The number of hydrogen-bond donors (Lipinski definition) is 1. The highest BCUT2D eigenvalue weighted by atomic mass is 16.3. The van der Waals surface area contributed by atoms with Gasteiger partial charge in [0.25, 0.3) is 5.91 Å². The number of amides is 1. The van der Waals surface area contributed by atoms with Crippen molar-refractivity contribution in [2.24, 2.45) is 0 Å². The summed E-state index contributed by atoms with van der Waals surface area (Å²) in [5, 5.41) is 9.27. The monoisotopic (exact) mass is 257 g/mol. The smallest absolute Gasteiger partial charge is 0.251 e. The molecule has 0 spiro atoms. The van der Waals surface area contributed by atoms with Gasteiger partial charge in [-0.3, -0.25) is 9.69 Å². The van der Waals surface area contributed by atoms with Crippen molar-refractivity contribution < 1.29 is 9.90 Å².